The van der Waals surface area contributed by atoms with Crippen molar-refractivity contribution in [3.8, 4) is 22.8 Å². The highest BCUT2D eigenvalue weighted by Crippen LogP contribution is 2.32. The van der Waals surface area contributed by atoms with E-state index in [9.17, 15) is 4.79 Å². The van der Waals surface area contributed by atoms with Crippen molar-refractivity contribution in [3.05, 3.63) is 84.1 Å². The van der Waals surface area contributed by atoms with Crippen LogP contribution in [-0.4, -0.2) is 34.9 Å². The van der Waals surface area contributed by atoms with Gasteiger partial charge in [0.25, 0.3) is 0 Å². The first-order valence-electron chi connectivity index (χ1n) is 9.56. The van der Waals surface area contributed by atoms with Crippen LogP contribution in [0.25, 0.3) is 11.3 Å². The third-order valence-corrected chi connectivity index (χ3v) is 4.69. The van der Waals surface area contributed by atoms with Gasteiger partial charge >= 0.3 is 5.97 Å². The standard InChI is InChI=1S/C23H21N3O5/c1-28-20-8-7-18(11-22(20)29-2)21-12-19(25-31-21)14-30-23(27)17-5-3-16(4-6-17)13-26-10-9-24-15-26/h3-12,15H,13-14H2,1-2H3. The van der Waals surface area contributed by atoms with Crippen LogP contribution in [0.1, 0.15) is 21.6 Å². The summed E-state index contributed by atoms with van der Waals surface area (Å²) < 4.78 is 23.3. The molecule has 4 aromatic rings. The maximum Gasteiger partial charge on any atom is 0.338 e. The predicted molar refractivity (Wildman–Crippen MR) is 112 cm³/mol. The molecule has 2 heterocycles. The minimum Gasteiger partial charge on any atom is -0.493 e. The molecule has 0 atom stereocenters. The van der Waals surface area contributed by atoms with E-state index in [1.807, 2.05) is 29.0 Å². The summed E-state index contributed by atoms with van der Waals surface area (Å²) in [6, 6.07) is 14.4. The van der Waals surface area contributed by atoms with Gasteiger partial charge in [-0.25, -0.2) is 9.78 Å². The topological polar surface area (TPSA) is 88.6 Å². The molecule has 0 saturated carbocycles. The third kappa shape index (κ3) is 4.75. The summed E-state index contributed by atoms with van der Waals surface area (Å²) in [5, 5.41) is 3.98. The van der Waals surface area contributed by atoms with Crippen molar-refractivity contribution in [2.45, 2.75) is 13.2 Å². The first-order chi connectivity index (χ1) is 15.2. The van der Waals surface area contributed by atoms with Crippen molar-refractivity contribution in [1.82, 2.24) is 14.7 Å². The number of nitrogens with zero attached hydrogens (tertiary/aromatic N) is 3. The molecule has 2 aromatic heterocycles. The molecule has 0 aliphatic carbocycles. The van der Waals surface area contributed by atoms with E-state index < -0.39 is 5.97 Å². The van der Waals surface area contributed by atoms with Gasteiger partial charge in [-0.05, 0) is 35.9 Å². The number of benzene rings is 2. The lowest BCUT2D eigenvalue weighted by atomic mass is 10.1. The Morgan fingerprint density at radius 2 is 1.84 bits per heavy atom. The van der Waals surface area contributed by atoms with Gasteiger partial charge in [-0.1, -0.05) is 17.3 Å². The molecule has 0 N–H and O–H groups in total. The summed E-state index contributed by atoms with van der Waals surface area (Å²) in [6.45, 7) is 0.694. The molecular weight excluding hydrogens is 398 g/mol. The van der Waals surface area contributed by atoms with Gasteiger partial charge in [-0.2, -0.15) is 0 Å². The van der Waals surface area contributed by atoms with Crippen LogP contribution in [0.3, 0.4) is 0 Å². The molecule has 158 valence electrons. The number of hydrogen-bond acceptors (Lipinski definition) is 7. The monoisotopic (exact) mass is 419 g/mol. The molecule has 0 spiro atoms. The Morgan fingerprint density at radius 1 is 1.03 bits per heavy atom. The van der Waals surface area contributed by atoms with E-state index in [0.717, 1.165) is 11.1 Å². The molecule has 8 nitrogen and oxygen atoms in total. The molecule has 0 unspecified atom stereocenters. The lowest BCUT2D eigenvalue weighted by Crippen LogP contribution is -2.06. The number of methoxy groups -OCH3 is 2. The minimum absolute atomic E-state index is 0.00636. The van der Waals surface area contributed by atoms with E-state index in [-0.39, 0.29) is 6.61 Å². The van der Waals surface area contributed by atoms with Crippen LogP contribution in [0.2, 0.25) is 0 Å². The Kier molecular flexibility index (Phi) is 5.98. The lowest BCUT2D eigenvalue weighted by molar-refractivity contribution is 0.0464. The fourth-order valence-electron chi connectivity index (χ4n) is 3.07. The number of aromatic nitrogens is 3. The van der Waals surface area contributed by atoms with E-state index in [2.05, 4.69) is 10.1 Å². The first-order valence-corrected chi connectivity index (χ1v) is 9.56. The number of hydrogen-bond donors (Lipinski definition) is 0. The highest BCUT2D eigenvalue weighted by molar-refractivity contribution is 5.89. The molecule has 0 bridgehead atoms. The van der Waals surface area contributed by atoms with Crippen molar-refractivity contribution >= 4 is 5.97 Å². The fourth-order valence-corrected chi connectivity index (χ4v) is 3.07. The Hall–Kier alpha value is -4.07. The zero-order chi connectivity index (χ0) is 21.6. The highest BCUT2D eigenvalue weighted by atomic mass is 16.5. The van der Waals surface area contributed by atoms with Gasteiger partial charge in [0.1, 0.15) is 12.3 Å². The maximum absolute atomic E-state index is 12.4. The van der Waals surface area contributed by atoms with Gasteiger partial charge in [-0.15, -0.1) is 0 Å². The van der Waals surface area contributed by atoms with Crippen LogP contribution in [0.5, 0.6) is 11.5 Å². The van der Waals surface area contributed by atoms with Crippen LogP contribution >= 0.6 is 0 Å². The number of carbonyl (C=O) groups is 1. The number of imidazole rings is 1. The molecule has 31 heavy (non-hydrogen) atoms. The quantitative estimate of drug-likeness (QED) is 0.399. The summed E-state index contributed by atoms with van der Waals surface area (Å²) in [4.78, 5) is 16.4. The zero-order valence-electron chi connectivity index (χ0n) is 17.1. The van der Waals surface area contributed by atoms with Crippen LogP contribution in [0, 0.1) is 0 Å². The molecule has 0 radical (unpaired) electrons. The molecular formula is C23H21N3O5. The smallest absolute Gasteiger partial charge is 0.338 e. The van der Waals surface area contributed by atoms with E-state index in [0.29, 0.717) is 35.1 Å². The van der Waals surface area contributed by atoms with Gasteiger partial charge in [0.05, 0.1) is 26.1 Å². The Morgan fingerprint density at radius 3 is 2.55 bits per heavy atom. The van der Waals surface area contributed by atoms with E-state index >= 15 is 0 Å². The average molecular weight is 419 g/mol. The molecule has 0 aliphatic heterocycles. The van der Waals surface area contributed by atoms with Gasteiger partial charge in [0.15, 0.2) is 17.3 Å². The van der Waals surface area contributed by atoms with Crippen molar-refractivity contribution in [3.63, 3.8) is 0 Å². The maximum atomic E-state index is 12.4. The van der Waals surface area contributed by atoms with Gasteiger partial charge in [0, 0.05) is 30.6 Å². The third-order valence-electron chi connectivity index (χ3n) is 4.69. The average Bonchev–Trinajstić information content (AvgIpc) is 3.50. The van der Waals surface area contributed by atoms with Crippen molar-refractivity contribution in [1.29, 1.82) is 0 Å². The predicted octanol–water partition coefficient (Wildman–Crippen LogP) is 3.96. The Balaban J connectivity index is 1.36. The second kappa shape index (κ2) is 9.17. The summed E-state index contributed by atoms with van der Waals surface area (Å²) in [5.41, 5.74) is 2.81. The zero-order valence-corrected chi connectivity index (χ0v) is 17.1. The molecule has 8 heteroatoms. The summed E-state index contributed by atoms with van der Waals surface area (Å²) in [6.07, 6.45) is 5.36. The summed E-state index contributed by atoms with van der Waals surface area (Å²) in [5.74, 6) is 1.32. The van der Waals surface area contributed by atoms with Gasteiger partial charge in [-0.3, -0.25) is 0 Å². The second-order valence-electron chi connectivity index (χ2n) is 6.76. The van der Waals surface area contributed by atoms with Gasteiger partial charge in [0.2, 0.25) is 0 Å². The molecule has 0 fully saturated rings. The first kappa shape index (κ1) is 20.2. The number of ether oxygens (including phenoxy) is 3. The molecule has 4 rings (SSSR count). The summed E-state index contributed by atoms with van der Waals surface area (Å²) >= 11 is 0. The summed E-state index contributed by atoms with van der Waals surface area (Å²) in [7, 11) is 3.14. The number of carbonyl (C=O) groups excluding carboxylic acids is 1. The van der Waals surface area contributed by atoms with Crippen molar-refractivity contribution in [2.24, 2.45) is 0 Å². The fraction of sp³-hybridized carbons (Fsp3) is 0.174. The highest BCUT2D eigenvalue weighted by Gasteiger charge is 2.13. The van der Waals surface area contributed by atoms with Crippen molar-refractivity contribution < 1.29 is 23.5 Å². The normalized spacial score (nSPS) is 10.6. The number of esters is 1. The van der Waals surface area contributed by atoms with Crippen LogP contribution in [0.15, 0.2) is 71.8 Å². The van der Waals surface area contributed by atoms with Crippen LogP contribution in [-0.2, 0) is 17.9 Å². The second-order valence-corrected chi connectivity index (χ2v) is 6.76. The van der Waals surface area contributed by atoms with E-state index in [4.69, 9.17) is 18.7 Å². The SMILES string of the molecule is COc1ccc(-c2cc(COC(=O)c3ccc(Cn4ccnc4)cc3)no2)cc1OC. The van der Waals surface area contributed by atoms with Gasteiger partial charge < -0.3 is 23.3 Å². The Labute approximate surface area is 179 Å². The van der Waals surface area contributed by atoms with Crippen molar-refractivity contribution in [2.75, 3.05) is 14.2 Å². The van der Waals surface area contributed by atoms with Crippen LogP contribution in [0.4, 0.5) is 0 Å². The largest absolute Gasteiger partial charge is 0.493 e. The Bertz CT molecular complexity index is 1150. The molecule has 0 saturated heterocycles. The number of rotatable bonds is 8. The van der Waals surface area contributed by atoms with E-state index in [1.165, 1.54) is 0 Å². The molecule has 0 amide bonds. The molecule has 0 aliphatic rings. The lowest BCUT2D eigenvalue weighted by Gasteiger charge is -2.07. The molecule has 2 aromatic carbocycles. The minimum atomic E-state index is -0.426. The van der Waals surface area contributed by atoms with Crippen LogP contribution < -0.4 is 9.47 Å². The van der Waals surface area contributed by atoms with E-state index in [1.54, 1.807) is 57.1 Å².